The number of aryl methyl sites for hydroxylation is 1. The summed E-state index contributed by atoms with van der Waals surface area (Å²) in [6, 6.07) is 13.5. The molecule has 4 heteroatoms. The van der Waals surface area contributed by atoms with E-state index in [0.717, 1.165) is 15.6 Å². The average Bonchev–Trinajstić information content (AvgIpc) is 2.37. The third kappa shape index (κ3) is 3.35. The number of benzene rings is 2. The van der Waals surface area contributed by atoms with Gasteiger partial charge in [-0.2, -0.15) is 0 Å². The molecule has 0 aliphatic heterocycles. The van der Waals surface area contributed by atoms with Crippen molar-refractivity contribution in [2.45, 2.75) is 13.5 Å². The molecule has 19 heavy (non-hydrogen) atoms. The van der Waals surface area contributed by atoms with Gasteiger partial charge in [0.15, 0.2) is 0 Å². The Kier molecular flexibility index (Phi) is 4.22. The molecule has 0 heterocycles. The van der Waals surface area contributed by atoms with Crippen LogP contribution in [0.2, 0.25) is 0 Å². The van der Waals surface area contributed by atoms with Crippen LogP contribution in [0, 0.1) is 12.3 Å². The predicted octanol–water partition coefficient (Wildman–Crippen LogP) is 3.62. The number of nitrogen functional groups attached to an aromatic ring is 1. The second kappa shape index (κ2) is 5.89. The maximum absolute atomic E-state index is 7.56. The number of nitrogens with two attached hydrogens (primary N) is 1. The van der Waals surface area contributed by atoms with Crippen LogP contribution in [0.5, 0.6) is 5.75 Å². The van der Waals surface area contributed by atoms with Crippen LogP contribution in [0.1, 0.15) is 16.7 Å². The summed E-state index contributed by atoms with van der Waals surface area (Å²) in [4.78, 5) is 0. The Morgan fingerprint density at radius 2 is 2.00 bits per heavy atom. The quantitative estimate of drug-likeness (QED) is 0.668. The minimum absolute atomic E-state index is 0.0159. The van der Waals surface area contributed by atoms with Gasteiger partial charge in [0.25, 0.3) is 0 Å². The molecule has 0 aliphatic carbocycles. The van der Waals surface area contributed by atoms with E-state index in [1.807, 2.05) is 49.4 Å². The molecule has 0 unspecified atom stereocenters. The van der Waals surface area contributed by atoms with Gasteiger partial charge in [-0.3, -0.25) is 5.41 Å². The Balaban J connectivity index is 2.22. The number of amidine groups is 1. The monoisotopic (exact) mass is 318 g/mol. The highest BCUT2D eigenvalue weighted by Gasteiger charge is 2.08. The molecular formula is C15H15BrN2O. The molecule has 0 bridgehead atoms. The molecule has 2 aromatic rings. The zero-order valence-electron chi connectivity index (χ0n) is 10.6. The molecule has 0 radical (unpaired) electrons. The number of hydrogen-bond donors (Lipinski definition) is 2. The van der Waals surface area contributed by atoms with Crippen LogP contribution in [0.15, 0.2) is 46.9 Å². The zero-order valence-corrected chi connectivity index (χ0v) is 12.2. The van der Waals surface area contributed by atoms with Crippen molar-refractivity contribution in [3.8, 4) is 5.75 Å². The van der Waals surface area contributed by atoms with Gasteiger partial charge >= 0.3 is 0 Å². The normalized spacial score (nSPS) is 10.2. The molecule has 0 aromatic heterocycles. The molecule has 2 aromatic carbocycles. The van der Waals surface area contributed by atoms with Crippen molar-refractivity contribution >= 4 is 21.8 Å². The van der Waals surface area contributed by atoms with E-state index in [9.17, 15) is 0 Å². The lowest BCUT2D eigenvalue weighted by Gasteiger charge is -2.12. The lowest BCUT2D eigenvalue weighted by Crippen LogP contribution is -2.13. The maximum Gasteiger partial charge on any atom is 0.130 e. The second-order valence-corrected chi connectivity index (χ2v) is 5.15. The van der Waals surface area contributed by atoms with E-state index in [0.29, 0.717) is 17.9 Å². The first-order chi connectivity index (χ1) is 9.08. The van der Waals surface area contributed by atoms with E-state index in [1.165, 1.54) is 0 Å². The molecule has 0 fully saturated rings. The third-order valence-corrected chi connectivity index (χ3v) is 3.54. The van der Waals surface area contributed by atoms with Crippen molar-refractivity contribution in [1.82, 2.24) is 0 Å². The van der Waals surface area contributed by atoms with Crippen LogP contribution in [-0.4, -0.2) is 5.84 Å². The predicted molar refractivity (Wildman–Crippen MR) is 80.7 cm³/mol. The molecule has 2 rings (SSSR count). The minimum atomic E-state index is 0.0159. The Morgan fingerprint density at radius 3 is 2.68 bits per heavy atom. The van der Waals surface area contributed by atoms with E-state index >= 15 is 0 Å². The van der Waals surface area contributed by atoms with E-state index < -0.39 is 0 Å². The fraction of sp³-hybridized carbons (Fsp3) is 0.133. The van der Waals surface area contributed by atoms with Gasteiger partial charge in [-0.1, -0.05) is 40.2 Å². The number of ether oxygens (including phenoxy) is 1. The van der Waals surface area contributed by atoms with Crippen LogP contribution in [0.3, 0.4) is 0 Å². The Hall–Kier alpha value is -1.81. The maximum atomic E-state index is 7.56. The van der Waals surface area contributed by atoms with E-state index in [1.54, 1.807) is 0 Å². The number of rotatable bonds is 4. The summed E-state index contributed by atoms with van der Waals surface area (Å²) in [6.45, 7) is 2.42. The number of halogens is 1. The van der Waals surface area contributed by atoms with Gasteiger partial charge in [0.05, 0.1) is 5.56 Å². The van der Waals surface area contributed by atoms with Crippen molar-refractivity contribution in [2.24, 2.45) is 5.73 Å². The molecule has 0 spiro atoms. The first kappa shape index (κ1) is 13.6. The highest BCUT2D eigenvalue weighted by Crippen LogP contribution is 2.23. The van der Waals surface area contributed by atoms with Crippen LogP contribution in [0.4, 0.5) is 0 Å². The third-order valence-electron chi connectivity index (χ3n) is 2.77. The summed E-state index contributed by atoms with van der Waals surface area (Å²) in [7, 11) is 0. The summed E-state index contributed by atoms with van der Waals surface area (Å²) >= 11 is 3.48. The van der Waals surface area contributed by atoms with Gasteiger partial charge in [0.2, 0.25) is 0 Å². The Bertz CT molecular complexity index is 611. The topological polar surface area (TPSA) is 59.1 Å². The minimum Gasteiger partial charge on any atom is -0.488 e. The molecule has 0 saturated carbocycles. The number of nitrogens with one attached hydrogen (secondary N) is 1. The fourth-order valence-corrected chi connectivity index (χ4v) is 2.14. The highest BCUT2D eigenvalue weighted by molar-refractivity contribution is 9.10. The molecule has 0 atom stereocenters. The van der Waals surface area contributed by atoms with Crippen LogP contribution < -0.4 is 10.5 Å². The van der Waals surface area contributed by atoms with Gasteiger partial charge in [-0.25, -0.2) is 0 Å². The molecule has 3 nitrogen and oxygen atoms in total. The van der Waals surface area contributed by atoms with Crippen molar-refractivity contribution < 1.29 is 4.74 Å². The average molecular weight is 319 g/mol. The Labute approximate surface area is 121 Å². The molecule has 0 amide bonds. The summed E-state index contributed by atoms with van der Waals surface area (Å²) in [5, 5.41) is 7.56. The van der Waals surface area contributed by atoms with Gasteiger partial charge in [-0.05, 0) is 30.7 Å². The van der Waals surface area contributed by atoms with Gasteiger partial charge in [0.1, 0.15) is 18.2 Å². The van der Waals surface area contributed by atoms with E-state index in [2.05, 4.69) is 15.9 Å². The molecule has 0 saturated heterocycles. The standard InChI is InChI=1S/C15H15BrN2O/c1-10-6-7-12(15(17)18)14(8-10)19-9-11-4-2-3-5-13(11)16/h2-8H,9H2,1H3,(H3,17,18). The van der Waals surface area contributed by atoms with Crippen LogP contribution in [-0.2, 0) is 6.61 Å². The Morgan fingerprint density at radius 1 is 1.26 bits per heavy atom. The van der Waals surface area contributed by atoms with E-state index in [4.69, 9.17) is 15.9 Å². The summed E-state index contributed by atoms with van der Waals surface area (Å²) < 4.78 is 6.80. The summed E-state index contributed by atoms with van der Waals surface area (Å²) in [5.74, 6) is 0.658. The second-order valence-electron chi connectivity index (χ2n) is 4.29. The zero-order chi connectivity index (χ0) is 13.8. The molecular weight excluding hydrogens is 304 g/mol. The smallest absolute Gasteiger partial charge is 0.130 e. The van der Waals surface area contributed by atoms with Gasteiger partial charge < -0.3 is 10.5 Å². The van der Waals surface area contributed by atoms with E-state index in [-0.39, 0.29) is 5.84 Å². The highest BCUT2D eigenvalue weighted by atomic mass is 79.9. The van der Waals surface area contributed by atoms with Crippen molar-refractivity contribution in [2.75, 3.05) is 0 Å². The van der Waals surface area contributed by atoms with Gasteiger partial charge in [0, 0.05) is 10.0 Å². The first-order valence-corrected chi connectivity index (χ1v) is 6.68. The summed E-state index contributed by atoms with van der Waals surface area (Å²) in [5.41, 5.74) is 8.31. The first-order valence-electron chi connectivity index (χ1n) is 5.89. The van der Waals surface area contributed by atoms with Crippen molar-refractivity contribution in [3.63, 3.8) is 0 Å². The lowest BCUT2D eigenvalue weighted by molar-refractivity contribution is 0.304. The number of hydrogen-bond acceptors (Lipinski definition) is 2. The van der Waals surface area contributed by atoms with Crippen LogP contribution in [0.25, 0.3) is 0 Å². The van der Waals surface area contributed by atoms with Gasteiger partial charge in [-0.15, -0.1) is 0 Å². The molecule has 0 aliphatic rings. The fourth-order valence-electron chi connectivity index (χ4n) is 1.74. The largest absolute Gasteiger partial charge is 0.488 e. The molecule has 98 valence electrons. The SMILES string of the molecule is Cc1ccc(C(=N)N)c(OCc2ccccc2Br)c1. The summed E-state index contributed by atoms with van der Waals surface area (Å²) in [6.07, 6.45) is 0. The van der Waals surface area contributed by atoms with Crippen LogP contribution >= 0.6 is 15.9 Å². The lowest BCUT2D eigenvalue weighted by atomic mass is 10.1. The van der Waals surface area contributed by atoms with Crippen molar-refractivity contribution in [1.29, 1.82) is 5.41 Å². The molecule has 3 N–H and O–H groups in total. The van der Waals surface area contributed by atoms with Crippen molar-refractivity contribution in [3.05, 3.63) is 63.6 Å².